The lowest BCUT2D eigenvalue weighted by molar-refractivity contribution is -0.136. The van der Waals surface area contributed by atoms with Gasteiger partial charge in [0.05, 0.1) is 24.2 Å². The number of aryl methyl sites for hydroxylation is 1. The number of hydrogen-bond donors (Lipinski definition) is 2. The van der Waals surface area contributed by atoms with Crippen molar-refractivity contribution in [2.24, 2.45) is 0 Å². The number of fused-ring (bicyclic) bond motifs is 2. The minimum Gasteiger partial charge on any atom is -0.481 e. The summed E-state index contributed by atoms with van der Waals surface area (Å²) in [5.74, 6) is -1.07. The topological polar surface area (TPSA) is 84.2 Å². The molecule has 0 radical (unpaired) electrons. The second-order valence-corrected chi connectivity index (χ2v) is 8.41. The number of hydrogen-bond acceptors (Lipinski definition) is 3. The lowest BCUT2D eigenvalue weighted by Crippen LogP contribution is -2.12. The molecule has 0 fully saturated rings. The van der Waals surface area contributed by atoms with Gasteiger partial charge in [-0.25, -0.2) is 0 Å². The summed E-state index contributed by atoms with van der Waals surface area (Å²) in [6.45, 7) is 2.55. The molecule has 2 N–H and O–H groups in total. The van der Waals surface area contributed by atoms with Gasteiger partial charge in [0.15, 0.2) is 0 Å². The molecule has 0 saturated heterocycles. The number of anilines is 1. The summed E-state index contributed by atoms with van der Waals surface area (Å²) in [5.41, 5.74) is 4.93. The number of amides is 1. The highest BCUT2D eigenvalue weighted by atomic mass is 16.4. The van der Waals surface area contributed by atoms with Gasteiger partial charge in [-0.05, 0) is 53.6 Å². The molecule has 1 heterocycles. The number of benzene rings is 4. The molecule has 4 aromatic carbocycles. The third-order valence-corrected chi connectivity index (χ3v) is 5.86. The van der Waals surface area contributed by atoms with Gasteiger partial charge in [-0.3, -0.25) is 14.3 Å². The van der Waals surface area contributed by atoms with Crippen LogP contribution in [0.4, 0.5) is 5.69 Å². The smallest absolute Gasteiger partial charge is 0.309 e. The lowest BCUT2D eigenvalue weighted by atomic mass is 10.0. The Morgan fingerprint density at radius 2 is 1.65 bits per heavy atom. The van der Waals surface area contributed by atoms with E-state index in [1.165, 1.54) is 5.56 Å². The molecule has 0 spiro atoms. The number of carbonyl (C=O) groups is 2. The van der Waals surface area contributed by atoms with Crippen molar-refractivity contribution < 1.29 is 14.7 Å². The maximum atomic E-state index is 12.8. The minimum atomic E-state index is -0.906. The molecule has 0 saturated carbocycles. The molecule has 168 valence electrons. The Labute approximate surface area is 196 Å². The highest BCUT2D eigenvalue weighted by Gasteiger charge is 2.13. The molecule has 6 heteroatoms. The molecule has 1 amide bonds. The van der Waals surface area contributed by atoms with E-state index in [0.717, 1.165) is 27.2 Å². The summed E-state index contributed by atoms with van der Waals surface area (Å²) in [4.78, 5) is 24.0. The monoisotopic (exact) mass is 449 g/mol. The first-order valence-corrected chi connectivity index (χ1v) is 11.0. The van der Waals surface area contributed by atoms with Crippen molar-refractivity contribution in [3.63, 3.8) is 0 Å². The van der Waals surface area contributed by atoms with Crippen LogP contribution in [0.2, 0.25) is 0 Å². The molecule has 0 bridgehead atoms. The van der Waals surface area contributed by atoms with Crippen LogP contribution in [0.5, 0.6) is 0 Å². The summed E-state index contributed by atoms with van der Waals surface area (Å²) in [6.07, 6.45) is -0.118. The normalized spacial score (nSPS) is 11.1. The Bertz CT molecular complexity index is 1530. The zero-order valence-electron chi connectivity index (χ0n) is 18.7. The number of para-hydroxylation sites is 1. The number of carboxylic acids is 1. The molecule has 0 aliphatic rings. The van der Waals surface area contributed by atoms with Gasteiger partial charge in [-0.2, -0.15) is 5.10 Å². The largest absolute Gasteiger partial charge is 0.481 e. The van der Waals surface area contributed by atoms with Gasteiger partial charge in [-0.15, -0.1) is 0 Å². The van der Waals surface area contributed by atoms with Gasteiger partial charge in [0, 0.05) is 16.6 Å². The van der Waals surface area contributed by atoms with Gasteiger partial charge in [-0.1, -0.05) is 60.2 Å². The van der Waals surface area contributed by atoms with E-state index >= 15 is 0 Å². The highest BCUT2D eigenvalue weighted by molar-refractivity contribution is 6.06. The SMILES string of the molecule is Cc1ccc2cc(C(=O)Nc3ccc(Cn4nc(CC(=O)O)c5ccccc54)cc3)ccc2c1. The van der Waals surface area contributed by atoms with E-state index in [2.05, 4.69) is 16.5 Å². The van der Waals surface area contributed by atoms with Gasteiger partial charge >= 0.3 is 5.97 Å². The van der Waals surface area contributed by atoms with Crippen LogP contribution in [0.15, 0.2) is 84.9 Å². The van der Waals surface area contributed by atoms with Crippen LogP contribution < -0.4 is 5.32 Å². The lowest BCUT2D eigenvalue weighted by Gasteiger charge is -2.09. The van der Waals surface area contributed by atoms with Crippen LogP contribution in [-0.2, 0) is 17.8 Å². The van der Waals surface area contributed by atoms with Crippen molar-refractivity contribution >= 4 is 39.2 Å². The highest BCUT2D eigenvalue weighted by Crippen LogP contribution is 2.22. The van der Waals surface area contributed by atoms with E-state index in [4.69, 9.17) is 0 Å². The van der Waals surface area contributed by atoms with Crippen molar-refractivity contribution in [3.05, 3.63) is 107 Å². The second kappa shape index (κ2) is 8.83. The first kappa shape index (κ1) is 21.4. The van der Waals surface area contributed by atoms with Crippen molar-refractivity contribution in [2.45, 2.75) is 19.9 Å². The third kappa shape index (κ3) is 4.38. The molecule has 0 atom stereocenters. The number of rotatable bonds is 6. The number of nitrogens with one attached hydrogen (secondary N) is 1. The van der Waals surface area contributed by atoms with Crippen LogP contribution in [0, 0.1) is 6.92 Å². The zero-order chi connectivity index (χ0) is 23.7. The molecule has 1 aromatic heterocycles. The summed E-state index contributed by atoms with van der Waals surface area (Å²) < 4.78 is 1.82. The minimum absolute atomic E-state index is 0.118. The fourth-order valence-electron chi connectivity index (χ4n) is 4.17. The average molecular weight is 450 g/mol. The Morgan fingerprint density at radius 1 is 0.912 bits per heavy atom. The van der Waals surface area contributed by atoms with Crippen LogP contribution >= 0.6 is 0 Å². The Hall–Kier alpha value is -4.45. The van der Waals surface area contributed by atoms with E-state index in [1.54, 1.807) is 0 Å². The molecule has 6 nitrogen and oxygen atoms in total. The Kier molecular flexibility index (Phi) is 5.55. The van der Waals surface area contributed by atoms with Crippen molar-refractivity contribution in [1.82, 2.24) is 9.78 Å². The van der Waals surface area contributed by atoms with Gasteiger partial charge in [0.1, 0.15) is 0 Å². The fourth-order valence-corrected chi connectivity index (χ4v) is 4.17. The zero-order valence-corrected chi connectivity index (χ0v) is 18.7. The summed E-state index contributed by atoms with van der Waals surface area (Å²) in [6, 6.07) is 27.1. The van der Waals surface area contributed by atoms with Gasteiger partial charge < -0.3 is 10.4 Å². The van der Waals surface area contributed by atoms with E-state index in [0.29, 0.717) is 23.5 Å². The predicted molar refractivity (Wildman–Crippen MR) is 133 cm³/mol. The third-order valence-electron chi connectivity index (χ3n) is 5.86. The van der Waals surface area contributed by atoms with Gasteiger partial charge in [0.25, 0.3) is 5.91 Å². The molecule has 0 aliphatic heterocycles. The first-order chi connectivity index (χ1) is 16.5. The number of carboxylic acid groups (broad SMARTS) is 1. The Balaban J connectivity index is 1.32. The van der Waals surface area contributed by atoms with Crippen molar-refractivity contribution in [2.75, 3.05) is 5.32 Å². The maximum absolute atomic E-state index is 12.8. The number of aliphatic carboxylic acids is 1. The summed E-state index contributed by atoms with van der Waals surface area (Å²) >= 11 is 0. The quantitative estimate of drug-likeness (QED) is 0.362. The Morgan fingerprint density at radius 3 is 2.44 bits per heavy atom. The summed E-state index contributed by atoms with van der Waals surface area (Å²) in [5, 5.41) is 19.7. The van der Waals surface area contributed by atoms with Crippen molar-refractivity contribution in [1.29, 1.82) is 0 Å². The fraction of sp³-hybridized carbons (Fsp3) is 0.107. The number of aromatic nitrogens is 2. The maximum Gasteiger partial charge on any atom is 0.309 e. The van der Waals surface area contributed by atoms with Crippen LogP contribution in [0.25, 0.3) is 21.7 Å². The summed E-state index contributed by atoms with van der Waals surface area (Å²) in [7, 11) is 0. The van der Waals surface area contributed by atoms with Gasteiger partial charge in [0.2, 0.25) is 0 Å². The molecule has 0 aliphatic carbocycles. The van der Waals surface area contributed by atoms with Crippen LogP contribution in [-0.4, -0.2) is 26.8 Å². The number of nitrogens with zero attached hydrogens (tertiary/aromatic N) is 2. The first-order valence-electron chi connectivity index (χ1n) is 11.0. The molecule has 0 unspecified atom stereocenters. The van der Waals surface area contributed by atoms with E-state index in [1.807, 2.05) is 90.5 Å². The molecular formula is C28H23N3O3. The molecule has 5 rings (SSSR count). The van der Waals surface area contributed by atoms with E-state index < -0.39 is 5.97 Å². The van der Waals surface area contributed by atoms with Crippen LogP contribution in [0.1, 0.15) is 27.2 Å². The van der Waals surface area contributed by atoms with E-state index in [9.17, 15) is 14.7 Å². The van der Waals surface area contributed by atoms with Crippen LogP contribution in [0.3, 0.4) is 0 Å². The standard InChI is InChI=1S/C28H23N3O3/c1-18-6-9-21-15-22(11-10-20(21)14-18)28(34)29-23-12-7-19(8-13-23)17-31-26-5-3-2-4-24(26)25(30-31)16-27(32)33/h2-15H,16-17H2,1H3,(H,29,34)(H,32,33). The average Bonchev–Trinajstić information content (AvgIpc) is 3.16. The second-order valence-electron chi connectivity index (χ2n) is 8.41. The molecule has 34 heavy (non-hydrogen) atoms. The molecular weight excluding hydrogens is 426 g/mol. The molecule has 5 aromatic rings. The predicted octanol–water partition coefficient (Wildman–Crippen LogP) is 5.43. The van der Waals surface area contributed by atoms with Crippen molar-refractivity contribution in [3.8, 4) is 0 Å². The van der Waals surface area contributed by atoms with E-state index in [-0.39, 0.29) is 12.3 Å². The number of carbonyl (C=O) groups excluding carboxylic acids is 1.